The molecule has 0 spiro atoms. The van der Waals surface area contributed by atoms with Crippen molar-refractivity contribution in [2.24, 2.45) is 0 Å². The third-order valence-corrected chi connectivity index (χ3v) is 3.78. The van der Waals surface area contributed by atoms with E-state index in [4.69, 9.17) is 16.9 Å². The van der Waals surface area contributed by atoms with E-state index >= 15 is 0 Å². The lowest BCUT2D eigenvalue weighted by atomic mass is 10.2. The number of benzene rings is 1. The molecule has 0 saturated carbocycles. The standard InChI is InChI=1S/C13H9ClN2S/c14-11-5-1-2-6-13(11)17-9-10-4-3-7-16-12(10)8-15/h1-7H,9H2. The average Bonchev–Trinajstić information content (AvgIpc) is 2.38. The van der Waals surface area contributed by atoms with Gasteiger partial charge in [0.2, 0.25) is 0 Å². The first-order valence-electron chi connectivity index (χ1n) is 5.02. The second-order valence-corrected chi connectivity index (χ2v) is 4.77. The van der Waals surface area contributed by atoms with Crippen molar-refractivity contribution in [1.29, 1.82) is 5.26 Å². The minimum absolute atomic E-state index is 0.479. The van der Waals surface area contributed by atoms with Crippen molar-refractivity contribution in [3.05, 3.63) is 58.9 Å². The fourth-order valence-electron chi connectivity index (χ4n) is 1.37. The van der Waals surface area contributed by atoms with Gasteiger partial charge in [0, 0.05) is 16.8 Å². The van der Waals surface area contributed by atoms with Gasteiger partial charge >= 0.3 is 0 Å². The van der Waals surface area contributed by atoms with Crippen LogP contribution in [0.2, 0.25) is 5.02 Å². The quantitative estimate of drug-likeness (QED) is 0.786. The second-order valence-electron chi connectivity index (χ2n) is 3.34. The van der Waals surface area contributed by atoms with Gasteiger partial charge in [0.1, 0.15) is 11.8 Å². The van der Waals surface area contributed by atoms with Crippen molar-refractivity contribution in [2.75, 3.05) is 0 Å². The summed E-state index contributed by atoms with van der Waals surface area (Å²) in [6.07, 6.45) is 1.63. The molecule has 2 nitrogen and oxygen atoms in total. The van der Waals surface area contributed by atoms with Crippen LogP contribution >= 0.6 is 23.4 Å². The summed E-state index contributed by atoms with van der Waals surface area (Å²) in [5.41, 5.74) is 1.41. The highest BCUT2D eigenvalue weighted by Crippen LogP contribution is 2.29. The normalized spacial score (nSPS) is 9.88. The zero-order valence-corrected chi connectivity index (χ0v) is 10.5. The van der Waals surface area contributed by atoms with Crippen LogP contribution in [0.25, 0.3) is 0 Å². The summed E-state index contributed by atoms with van der Waals surface area (Å²) in [4.78, 5) is 5.04. The molecule has 0 amide bonds. The molecule has 1 aromatic heterocycles. The number of pyridine rings is 1. The Bertz CT molecular complexity index is 563. The van der Waals surface area contributed by atoms with Crippen molar-refractivity contribution < 1.29 is 0 Å². The van der Waals surface area contributed by atoms with Gasteiger partial charge in [-0.25, -0.2) is 4.98 Å². The van der Waals surface area contributed by atoms with E-state index in [1.165, 1.54) is 0 Å². The summed E-state index contributed by atoms with van der Waals surface area (Å²) >= 11 is 7.67. The zero-order chi connectivity index (χ0) is 12.1. The fraction of sp³-hybridized carbons (Fsp3) is 0.0769. The highest BCUT2D eigenvalue weighted by atomic mass is 35.5. The van der Waals surface area contributed by atoms with E-state index < -0.39 is 0 Å². The summed E-state index contributed by atoms with van der Waals surface area (Å²) in [7, 11) is 0. The Morgan fingerprint density at radius 3 is 2.82 bits per heavy atom. The molecular weight excluding hydrogens is 252 g/mol. The van der Waals surface area contributed by atoms with E-state index in [1.54, 1.807) is 18.0 Å². The topological polar surface area (TPSA) is 36.7 Å². The Hall–Kier alpha value is -1.50. The molecule has 0 atom stereocenters. The van der Waals surface area contributed by atoms with E-state index in [0.29, 0.717) is 11.4 Å². The monoisotopic (exact) mass is 260 g/mol. The van der Waals surface area contributed by atoms with Gasteiger partial charge in [0.05, 0.1) is 5.02 Å². The number of hydrogen-bond acceptors (Lipinski definition) is 3. The van der Waals surface area contributed by atoms with E-state index in [2.05, 4.69) is 11.1 Å². The number of nitrogens with zero attached hydrogens (tertiary/aromatic N) is 2. The van der Waals surface area contributed by atoms with E-state index in [1.807, 2.05) is 36.4 Å². The molecule has 1 heterocycles. The van der Waals surface area contributed by atoms with E-state index in [0.717, 1.165) is 15.5 Å². The maximum absolute atomic E-state index is 8.92. The molecule has 17 heavy (non-hydrogen) atoms. The number of hydrogen-bond donors (Lipinski definition) is 0. The van der Waals surface area contributed by atoms with Gasteiger partial charge in [-0.3, -0.25) is 0 Å². The van der Waals surface area contributed by atoms with Gasteiger partial charge in [0.25, 0.3) is 0 Å². The molecule has 4 heteroatoms. The largest absolute Gasteiger partial charge is 0.245 e. The molecule has 0 aliphatic carbocycles. The van der Waals surface area contributed by atoms with Crippen LogP contribution in [0.5, 0.6) is 0 Å². The van der Waals surface area contributed by atoms with Crippen molar-refractivity contribution in [3.8, 4) is 6.07 Å². The second kappa shape index (κ2) is 5.72. The van der Waals surface area contributed by atoms with E-state index in [9.17, 15) is 0 Å². The summed E-state index contributed by atoms with van der Waals surface area (Å²) in [6, 6.07) is 13.5. The van der Waals surface area contributed by atoms with Crippen LogP contribution in [0.3, 0.4) is 0 Å². The first-order chi connectivity index (χ1) is 8.31. The number of aromatic nitrogens is 1. The number of nitriles is 1. The Balaban J connectivity index is 2.13. The molecule has 0 aliphatic heterocycles. The third kappa shape index (κ3) is 3.00. The first kappa shape index (κ1) is 12.0. The molecule has 84 valence electrons. The minimum Gasteiger partial charge on any atom is -0.245 e. The SMILES string of the molecule is N#Cc1ncccc1CSc1ccccc1Cl. The van der Waals surface area contributed by atoms with Crippen LogP contribution in [0.1, 0.15) is 11.3 Å². The van der Waals surface area contributed by atoms with Crippen molar-refractivity contribution in [3.63, 3.8) is 0 Å². The van der Waals surface area contributed by atoms with Gasteiger partial charge in [-0.05, 0) is 23.8 Å². The molecule has 0 N–H and O–H groups in total. The number of rotatable bonds is 3. The molecule has 0 fully saturated rings. The zero-order valence-electron chi connectivity index (χ0n) is 8.93. The average molecular weight is 261 g/mol. The maximum atomic E-state index is 8.92. The molecule has 0 unspecified atom stereocenters. The van der Waals surface area contributed by atoms with Crippen LogP contribution in [-0.4, -0.2) is 4.98 Å². The molecule has 1 aromatic carbocycles. The van der Waals surface area contributed by atoms with Gasteiger partial charge in [-0.2, -0.15) is 5.26 Å². The predicted molar refractivity (Wildman–Crippen MR) is 70.0 cm³/mol. The molecule has 0 aliphatic rings. The van der Waals surface area contributed by atoms with Crippen LogP contribution in [-0.2, 0) is 5.75 Å². The first-order valence-corrected chi connectivity index (χ1v) is 6.39. The maximum Gasteiger partial charge on any atom is 0.144 e. The molecule has 0 saturated heterocycles. The molecule has 2 rings (SSSR count). The van der Waals surface area contributed by atoms with Crippen LogP contribution in [0, 0.1) is 11.3 Å². The summed E-state index contributed by atoms with van der Waals surface area (Å²) < 4.78 is 0. The molecule has 2 aromatic rings. The fourth-order valence-corrected chi connectivity index (χ4v) is 2.60. The van der Waals surface area contributed by atoms with Crippen molar-refractivity contribution >= 4 is 23.4 Å². The highest BCUT2D eigenvalue weighted by molar-refractivity contribution is 7.98. The lowest BCUT2D eigenvalue weighted by Crippen LogP contribution is -1.90. The molecular formula is C13H9ClN2S. The summed E-state index contributed by atoms with van der Waals surface area (Å²) in [5.74, 6) is 0.695. The van der Waals surface area contributed by atoms with Crippen LogP contribution in [0.15, 0.2) is 47.5 Å². The predicted octanol–water partition coefficient (Wildman–Crippen LogP) is 3.90. The Morgan fingerprint density at radius 2 is 2.06 bits per heavy atom. The molecule has 0 radical (unpaired) electrons. The Labute approximate surface area is 109 Å². The number of thioether (sulfide) groups is 1. The number of halogens is 1. The van der Waals surface area contributed by atoms with Gasteiger partial charge in [-0.1, -0.05) is 29.8 Å². The summed E-state index contributed by atoms with van der Waals surface area (Å²) in [5, 5.41) is 9.66. The minimum atomic E-state index is 0.479. The smallest absolute Gasteiger partial charge is 0.144 e. The lowest BCUT2D eigenvalue weighted by Gasteiger charge is -2.04. The van der Waals surface area contributed by atoms with Crippen LogP contribution in [0.4, 0.5) is 0 Å². The van der Waals surface area contributed by atoms with Gasteiger partial charge in [-0.15, -0.1) is 11.8 Å². The Morgan fingerprint density at radius 1 is 1.24 bits per heavy atom. The highest BCUT2D eigenvalue weighted by Gasteiger charge is 2.04. The third-order valence-electron chi connectivity index (χ3n) is 2.22. The molecule has 0 bridgehead atoms. The van der Waals surface area contributed by atoms with Gasteiger partial charge < -0.3 is 0 Å². The van der Waals surface area contributed by atoms with Crippen LogP contribution < -0.4 is 0 Å². The van der Waals surface area contributed by atoms with Crippen molar-refractivity contribution in [2.45, 2.75) is 10.6 Å². The van der Waals surface area contributed by atoms with Gasteiger partial charge in [0.15, 0.2) is 0 Å². The lowest BCUT2D eigenvalue weighted by molar-refractivity contribution is 1.19. The van der Waals surface area contributed by atoms with Crippen molar-refractivity contribution in [1.82, 2.24) is 4.98 Å². The van der Waals surface area contributed by atoms with E-state index in [-0.39, 0.29) is 0 Å². The Kier molecular flexibility index (Phi) is 4.03. The summed E-state index contributed by atoms with van der Waals surface area (Å²) in [6.45, 7) is 0.